The van der Waals surface area contributed by atoms with Gasteiger partial charge in [-0.15, -0.1) is 0 Å². The maximum atomic E-state index is 5.50. The van der Waals surface area contributed by atoms with Crippen molar-refractivity contribution in [1.82, 2.24) is 5.43 Å². The molecule has 0 aliphatic carbocycles. The molecule has 0 bridgehead atoms. The fraction of sp³-hybridized carbons (Fsp3) is 0.263. The summed E-state index contributed by atoms with van der Waals surface area (Å²) in [7, 11) is 1.61. The van der Waals surface area contributed by atoms with Crippen molar-refractivity contribution in [2.45, 2.75) is 20.8 Å². The van der Waals surface area contributed by atoms with Crippen LogP contribution in [-0.2, 0) is 0 Å². The first-order chi connectivity index (χ1) is 12.0. The van der Waals surface area contributed by atoms with E-state index >= 15 is 0 Å². The maximum absolute atomic E-state index is 5.50. The molecule has 5 nitrogen and oxygen atoms in total. The second-order valence-electron chi connectivity index (χ2n) is 5.43. The van der Waals surface area contributed by atoms with Gasteiger partial charge in [0, 0.05) is 5.69 Å². The number of aryl methyl sites for hydroxylation is 2. The number of hydrogen-bond acceptors (Lipinski definition) is 4. The fourth-order valence-electron chi connectivity index (χ4n) is 2.36. The highest BCUT2D eigenvalue weighted by Crippen LogP contribution is 2.27. The predicted molar refractivity (Wildman–Crippen MR) is 107 cm³/mol. The first-order valence-electron chi connectivity index (χ1n) is 8.02. The van der Waals surface area contributed by atoms with Crippen LogP contribution >= 0.6 is 12.2 Å². The van der Waals surface area contributed by atoms with Crippen LogP contribution in [0.2, 0.25) is 0 Å². The summed E-state index contributed by atoms with van der Waals surface area (Å²) in [5.74, 6) is 1.38. The lowest BCUT2D eigenvalue weighted by atomic mass is 10.1. The molecule has 0 unspecified atom stereocenters. The van der Waals surface area contributed by atoms with Crippen LogP contribution in [0.3, 0.4) is 0 Å². The van der Waals surface area contributed by atoms with Gasteiger partial charge in [0.1, 0.15) is 0 Å². The number of hydrogen-bond donors (Lipinski definition) is 2. The zero-order valence-corrected chi connectivity index (χ0v) is 15.7. The van der Waals surface area contributed by atoms with E-state index in [1.807, 2.05) is 57.2 Å². The molecule has 2 aromatic carbocycles. The maximum Gasteiger partial charge on any atom is 0.191 e. The Hall–Kier alpha value is -2.60. The third kappa shape index (κ3) is 5.19. The first kappa shape index (κ1) is 18.7. The van der Waals surface area contributed by atoms with Gasteiger partial charge >= 0.3 is 0 Å². The highest BCUT2D eigenvalue weighted by Gasteiger charge is 2.05. The molecule has 0 spiro atoms. The predicted octanol–water partition coefficient (Wildman–Crippen LogP) is 4.03. The average molecular weight is 357 g/mol. The Morgan fingerprint density at radius 1 is 1.16 bits per heavy atom. The van der Waals surface area contributed by atoms with Crippen molar-refractivity contribution in [3.63, 3.8) is 0 Å². The summed E-state index contributed by atoms with van der Waals surface area (Å²) in [5.41, 5.74) is 6.96. The summed E-state index contributed by atoms with van der Waals surface area (Å²) < 4.78 is 10.8. The minimum Gasteiger partial charge on any atom is -0.493 e. The second-order valence-corrected chi connectivity index (χ2v) is 5.84. The van der Waals surface area contributed by atoms with Crippen molar-refractivity contribution in [2.24, 2.45) is 5.10 Å². The lowest BCUT2D eigenvalue weighted by molar-refractivity contribution is 0.311. The normalized spacial score (nSPS) is 10.6. The summed E-state index contributed by atoms with van der Waals surface area (Å²) in [6.07, 6.45) is 1.68. The van der Waals surface area contributed by atoms with E-state index in [9.17, 15) is 0 Å². The lowest BCUT2D eigenvalue weighted by Gasteiger charge is -2.12. The molecular formula is C19H23N3O2S. The van der Waals surface area contributed by atoms with E-state index in [0.29, 0.717) is 23.2 Å². The average Bonchev–Trinajstić information content (AvgIpc) is 2.59. The van der Waals surface area contributed by atoms with Crippen LogP contribution in [0.1, 0.15) is 23.6 Å². The second kappa shape index (κ2) is 9.03. The monoisotopic (exact) mass is 357 g/mol. The Labute approximate surface area is 154 Å². The minimum atomic E-state index is 0.437. The Bertz CT molecular complexity index is 755. The zero-order valence-electron chi connectivity index (χ0n) is 14.9. The molecule has 6 heteroatoms. The molecule has 2 N–H and O–H groups in total. The van der Waals surface area contributed by atoms with Gasteiger partial charge in [0.05, 0.1) is 19.9 Å². The van der Waals surface area contributed by atoms with E-state index in [2.05, 4.69) is 15.8 Å². The first-order valence-corrected chi connectivity index (χ1v) is 8.43. The Morgan fingerprint density at radius 3 is 2.52 bits per heavy atom. The van der Waals surface area contributed by atoms with Crippen LogP contribution in [0, 0.1) is 13.8 Å². The van der Waals surface area contributed by atoms with Crippen LogP contribution in [0.4, 0.5) is 5.69 Å². The van der Waals surface area contributed by atoms with Crippen molar-refractivity contribution in [1.29, 1.82) is 0 Å². The van der Waals surface area contributed by atoms with Crippen LogP contribution in [0.25, 0.3) is 0 Å². The number of benzene rings is 2. The van der Waals surface area contributed by atoms with Gasteiger partial charge < -0.3 is 14.8 Å². The van der Waals surface area contributed by atoms with Crippen molar-refractivity contribution in [3.8, 4) is 11.5 Å². The standard InChI is InChI=1S/C19H23N3O2S/c1-5-24-16-10-9-15(11-17(16)23-4)12-20-22-19(25)21-18-13(2)7-6-8-14(18)3/h6-12H,5H2,1-4H3,(H2,21,22,25)/b20-12-. The number of rotatable bonds is 6. The number of methoxy groups -OCH3 is 1. The van der Waals surface area contributed by atoms with E-state index < -0.39 is 0 Å². The largest absolute Gasteiger partial charge is 0.493 e. The van der Waals surface area contributed by atoms with Gasteiger partial charge in [0.15, 0.2) is 16.6 Å². The van der Waals surface area contributed by atoms with Gasteiger partial charge in [-0.2, -0.15) is 5.10 Å². The van der Waals surface area contributed by atoms with Gasteiger partial charge in [-0.3, -0.25) is 5.43 Å². The van der Waals surface area contributed by atoms with Crippen LogP contribution < -0.4 is 20.2 Å². The highest BCUT2D eigenvalue weighted by molar-refractivity contribution is 7.80. The summed E-state index contributed by atoms with van der Waals surface area (Å²) in [6.45, 7) is 6.59. The quantitative estimate of drug-likeness (QED) is 0.464. The van der Waals surface area contributed by atoms with Crippen molar-refractivity contribution in [3.05, 3.63) is 53.1 Å². The summed E-state index contributed by atoms with van der Waals surface area (Å²) in [4.78, 5) is 0. The number of para-hydroxylation sites is 1. The molecule has 0 saturated carbocycles. The molecule has 132 valence electrons. The number of hydrazone groups is 1. The molecule has 0 aliphatic heterocycles. The molecule has 0 amide bonds. The molecule has 0 aliphatic rings. The van der Waals surface area contributed by atoms with Crippen LogP contribution in [0.5, 0.6) is 11.5 Å². The number of ether oxygens (including phenoxy) is 2. The molecule has 0 radical (unpaired) electrons. The molecule has 0 aromatic heterocycles. The molecular weight excluding hydrogens is 334 g/mol. The SMILES string of the molecule is CCOc1ccc(/C=N\NC(=S)Nc2c(C)cccc2C)cc1OC. The third-order valence-corrected chi connectivity index (χ3v) is 3.78. The van der Waals surface area contributed by atoms with Gasteiger partial charge in [0.2, 0.25) is 0 Å². The molecule has 2 rings (SSSR count). The number of nitrogens with one attached hydrogen (secondary N) is 2. The van der Waals surface area contributed by atoms with E-state index in [4.69, 9.17) is 21.7 Å². The molecule has 0 saturated heterocycles. The topological polar surface area (TPSA) is 54.9 Å². The smallest absolute Gasteiger partial charge is 0.191 e. The number of thiocarbonyl (C=S) groups is 1. The number of nitrogens with zero attached hydrogens (tertiary/aromatic N) is 1. The van der Waals surface area contributed by atoms with Crippen molar-refractivity contribution >= 4 is 29.2 Å². The molecule has 0 fully saturated rings. The third-order valence-electron chi connectivity index (χ3n) is 3.59. The number of anilines is 1. The highest BCUT2D eigenvalue weighted by atomic mass is 32.1. The Balaban J connectivity index is 1.99. The molecule has 2 aromatic rings. The summed E-state index contributed by atoms with van der Waals surface area (Å²) >= 11 is 5.29. The summed E-state index contributed by atoms with van der Waals surface area (Å²) in [6, 6.07) is 11.7. The van der Waals surface area contributed by atoms with Crippen LogP contribution in [0.15, 0.2) is 41.5 Å². The zero-order chi connectivity index (χ0) is 18.2. The van der Waals surface area contributed by atoms with Crippen molar-refractivity contribution < 1.29 is 9.47 Å². The van der Waals surface area contributed by atoms with Gasteiger partial charge in [0.25, 0.3) is 0 Å². The molecule has 0 atom stereocenters. The van der Waals surface area contributed by atoms with E-state index in [0.717, 1.165) is 22.4 Å². The fourth-order valence-corrected chi connectivity index (χ4v) is 2.51. The van der Waals surface area contributed by atoms with E-state index in [1.54, 1.807) is 13.3 Å². The van der Waals surface area contributed by atoms with E-state index in [1.165, 1.54) is 0 Å². The van der Waals surface area contributed by atoms with Crippen molar-refractivity contribution in [2.75, 3.05) is 19.0 Å². The molecule has 25 heavy (non-hydrogen) atoms. The summed E-state index contributed by atoms with van der Waals surface area (Å²) in [5, 5.41) is 7.78. The van der Waals surface area contributed by atoms with Gasteiger partial charge in [-0.1, -0.05) is 18.2 Å². The molecule has 0 heterocycles. The van der Waals surface area contributed by atoms with E-state index in [-0.39, 0.29) is 0 Å². The minimum absolute atomic E-state index is 0.437. The Kier molecular flexibility index (Phi) is 6.77. The lowest BCUT2D eigenvalue weighted by Crippen LogP contribution is -2.24. The van der Waals surface area contributed by atoms with Crippen LogP contribution in [-0.4, -0.2) is 25.0 Å². The Morgan fingerprint density at radius 2 is 1.88 bits per heavy atom. The van der Waals surface area contributed by atoms with Gasteiger partial charge in [-0.25, -0.2) is 0 Å². The van der Waals surface area contributed by atoms with Gasteiger partial charge in [-0.05, 0) is 67.9 Å².